The third kappa shape index (κ3) is 3.00. The van der Waals surface area contributed by atoms with E-state index in [4.69, 9.17) is 4.98 Å². The Kier molecular flexibility index (Phi) is 4.11. The summed E-state index contributed by atoms with van der Waals surface area (Å²) in [7, 11) is 0. The van der Waals surface area contributed by atoms with Gasteiger partial charge in [-0.2, -0.15) is 0 Å². The van der Waals surface area contributed by atoms with Crippen LogP contribution in [0.15, 0.2) is 97.1 Å². The van der Waals surface area contributed by atoms with Gasteiger partial charge in [-0.1, -0.05) is 66.7 Å². The van der Waals surface area contributed by atoms with Gasteiger partial charge in [0, 0.05) is 31.3 Å². The van der Waals surface area contributed by atoms with Crippen LogP contribution >= 0.6 is 11.3 Å². The van der Waals surface area contributed by atoms with E-state index in [1.807, 2.05) is 47.7 Å². The maximum absolute atomic E-state index is 10.4. The molecule has 4 heteroatoms. The highest BCUT2D eigenvalue weighted by atomic mass is 32.1. The average Bonchev–Trinajstić information content (AvgIpc) is 3.41. The Hall–Kier alpha value is -3.89. The van der Waals surface area contributed by atoms with Gasteiger partial charge >= 0.3 is 0 Å². The summed E-state index contributed by atoms with van der Waals surface area (Å²) in [6, 6.07) is 32.5. The van der Waals surface area contributed by atoms with E-state index in [2.05, 4.69) is 59.6 Å². The minimum Gasteiger partial charge on any atom is -0.507 e. The second-order valence-corrected chi connectivity index (χ2v) is 8.59. The highest BCUT2D eigenvalue weighted by Gasteiger charge is 2.18. The van der Waals surface area contributed by atoms with E-state index in [-0.39, 0.29) is 5.75 Å². The Morgan fingerprint density at radius 2 is 1.42 bits per heavy atom. The van der Waals surface area contributed by atoms with Gasteiger partial charge in [0.05, 0.1) is 17.0 Å². The lowest BCUT2D eigenvalue weighted by Crippen LogP contribution is -1.83. The van der Waals surface area contributed by atoms with E-state index in [9.17, 15) is 5.11 Å². The van der Waals surface area contributed by atoms with Gasteiger partial charge in [-0.05, 0) is 30.3 Å². The maximum atomic E-state index is 10.4. The van der Waals surface area contributed by atoms with Crippen LogP contribution in [0.5, 0.6) is 5.75 Å². The lowest BCUT2D eigenvalue weighted by molar-refractivity contribution is 0.477. The number of H-pyrrole nitrogens is 1. The molecular formula is C27H18N2OS. The molecule has 0 saturated heterocycles. The van der Waals surface area contributed by atoms with Gasteiger partial charge in [-0.15, -0.1) is 11.3 Å². The molecule has 3 nitrogen and oxygen atoms in total. The van der Waals surface area contributed by atoms with Gasteiger partial charge in [-0.25, -0.2) is 4.98 Å². The molecule has 0 unspecified atom stereocenters. The first-order valence-corrected chi connectivity index (χ1v) is 10.9. The fourth-order valence-corrected chi connectivity index (χ4v) is 5.16. The molecule has 0 saturated carbocycles. The number of nitrogens with zero attached hydrogens (tertiary/aromatic N) is 1. The van der Waals surface area contributed by atoms with Crippen molar-refractivity contribution in [1.82, 2.24) is 9.97 Å². The number of benzene rings is 4. The molecule has 0 atom stereocenters. The molecule has 2 aromatic heterocycles. The van der Waals surface area contributed by atoms with Gasteiger partial charge in [0.25, 0.3) is 0 Å². The molecule has 148 valence electrons. The Bertz CT molecular complexity index is 1550. The lowest BCUT2D eigenvalue weighted by Gasteiger charge is -2.04. The molecule has 4 aromatic carbocycles. The quantitative estimate of drug-likeness (QED) is 0.313. The zero-order valence-electron chi connectivity index (χ0n) is 16.5. The van der Waals surface area contributed by atoms with E-state index >= 15 is 0 Å². The van der Waals surface area contributed by atoms with E-state index in [0.29, 0.717) is 11.4 Å². The number of aromatic amines is 1. The number of fused-ring (bicyclic) bond motifs is 3. The summed E-state index contributed by atoms with van der Waals surface area (Å²) in [6.07, 6.45) is 0. The standard InChI is InChI=1S/C27H18N2OS/c30-22-12-6-4-11-20(22)27-28-25(17-8-2-1-3-9-17)26(29-27)18-14-15-24-21(16-18)19-10-5-7-13-23(19)31-24/h1-16,30H,(H,28,29). The zero-order chi connectivity index (χ0) is 20.8. The first-order valence-electron chi connectivity index (χ1n) is 10.1. The van der Waals surface area contributed by atoms with Gasteiger partial charge in [-0.3, -0.25) is 0 Å². The number of rotatable bonds is 3. The molecule has 31 heavy (non-hydrogen) atoms. The Balaban J connectivity index is 1.60. The van der Waals surface area contributed by atoms with Gasteiger partial charge in [0.15, 0.2) is 0 Å². The number of thiophene rings is 1. The summed E-state index contributed by atoms with van der Waals surface area (Å²) < 4.78 is 2.55. The summed E-state index contributed by atoms with van der Waals surface area (Å²) in [5.41, 5.74) is 4.61. The topological polar surface area (TPSA) is 48.9 Å². The van der Waals surface area contributed by atoms with E-state index < -0.39 is 0 Å². The normalized spacial score (nSPS) is 11.4. The smallest absolute Gasteiger partial charge is 0.142 e. The van der Waals surface area contributed by atoms with Crippen LogP contribution in [0, 0.1) is 0 Å². The number of hydrogen-bond acceptors (Lipinski definition) is 3. The molecule has 2 heterocycles. The van der Waals surface area contributed by atoms with Gasteiger partial charge in [0.2, 0.25) is 0 Å². The molecule has 6 rings (SSSR count). The second kappa shape index (κ2) is 7.11. The summed E-state index contributed by atoms with van der Waals surface area (Å²) in [5, 5.41) is 12.9. The Labute approximate surface area is 183 Å². The van der Waals surface area contributed by atoms with E-state index in [0.717, 1.165) is 22.5 Å². The van der Waals surface area contributed by atoms with Crippen molar-refractivity contribution in [2.24, 2.45) is 0 Å². The zero-order valence-corrected chi connectivity index (χ0v) is 17.4. The molecule has 6 aromatic rings. The summed E-state index contributed by atoms with van der Waals surface area (Å²) >= 11 is 1.81. The molecular weight excluding hydrogens is 400 g/mol. The number of phenols is 1. The minimum absolute atomic E-state index is 0.210. The van der Waals surface area contributed by atoms with Crippen molar-refractivity contribution >= 4 is 31.5 Å². The fourth-order valence-electron chi connectivity index (χ4n) is 4.07. The SMILES string of the molecule is Oc1ccccc1-c1nc(-c2ccc3sc4ccccc4c3c2)c(-c2ccccc2)[nH]1. The fraction of sp³-hybridized carbons (Fsp3) is 0. The van der Waals surface area contributed by atoms with Crippen molar-refractivity contribution in [2.45, 2.75) is 0 Å². The van der Waals surface area contributed by atoms with Gasteiger partial charge < -0.3 is 10.1 Å². The largest absolute Gasteiger partial charge is 0.507 e. The average molecular weight is 419 g/mol. The number of hydrogen-bond donors (Lipinski definition) is 2. The predicted molar refractivity (Wildman–Crippen MR) is 129 cm³/mol. The lowest BCUT2D eigenvalue weighted by atomic mass is 10.0. The van der Waals surface area contributed by atoms with Crippen LogP contribution < -0.4 is 0 Å². The van der Waals surface area contributed by atoms with Crippen molar-refractivity contribution in [3.05, 3.63) is 97.1 Å². The molecule has 0 aliphatic heterocycles. The number of aromatic hydroxyl groups is 1. The first-order chi connectivity index (χ1) is 15.3. The third-order valence-electron chi connectivity index (χ3n) is 5.58. The summed E-state index contributed by atoms with van der Waals surface area (Å²) in [6.45, 7) is 0. The molecule has 2 N–H and O–H groups in total. The molecule has 0 radical (unpaired) electrons. The van der Waals surface area contributed by atoms with Crippen molar-refractivity contribution < 1.29 is 5.11 Å². The molecule has 0 aliphatic rings. The molecule has 0 spiro atoms. The third-order valence-corrected chi connectivity index (χ3v) is 6.73. The van der Waals surface area contributed by atoms with Crippen molar-refractivity contribution in [3.63, 3.8) is 0 Å². The first kappa shape index (κ1) is 17.9. The van der Waals surface area contributed by atoms with Crippen LogP contribution in [0.1, 0.15) is 0 Å². The van der Waals surface area contributed by atoms with E-state index in [1.54, 1.807) is 6.07 Å². The van der Waals surface area contributed by atoms with Crippen molar-refractivity contribution in [1.29, 1.82) is 0 Å². The number of para-hydroxylation sites is 1. The molecule has 0 amide bonds. The Morgan fingerprint density at radius 3 is 2.29 bits per heavy atom. The van der Waals surface area contributed by atoms with Gasteiger partial charge in [0.1, 0.15) is 11.6 Å². The van der Waals surface area contributed by atoms with Crippen molar-refractivity contribution in [2.75, 3.05) is 0 Å². The second-order valence-electron chi connectivity index (χ2n) is 7.50. The van der Waals surface area contributed by atoms with Crippen LogP contribution in [-0.2, 0) is 0 Å². The predicted octanol–water partition coefficient (Wildman–Crippen LogP) is 7.48. The number of nitrogens with one attached hydrogen (secondary N) is 1. The minimum atomic E-state index is 0.210. The summed E-state index contributed by atoms with van der Waals surface area (Å²) in [4.78, 5) is 8.41. The molecule has 0 aliphatic carbocycles. The maximum Gasteiger partial charge on any atom is 0.142 e. The van der Waals surface area contributed by atoms with Crippen LogP contribution in [0.2, 0.25) is 0 Å². The van der Waals surface area contributed by atoms with Crippen molar-refractivity contribution in [3.8, 4) is 39.7 Å². The molecule has 0 fully saturated rings. The van der Waals surface area contributed by atoms with E-state index in [1.165, 1.54) is 20.2 Å². The monoisotopic (exact) mass is 418 g/mol. The van der Waals surface area contributed by atoms with Crippen LogP contribution in [0.25, 0.3) is 54.1 Å². The number of phenolic OH excluding ortho intramolecular Hbond substituents is 1. The number of imidazole rings is 1. The van der Waals surface area contributed by atoms with Crippen LogP contribution in [0.3, 0.4) is 0 Å². The summed E-state index contributed by atoms with van der Waals surface area (Å²) in [5.74, 6) is 0.865. The highest BCUT2D eigenvalue weighted by Crippen LogP contribution is 2.39. The van der Waals surface area contributed by atoms with Crippen LogP contribution in [0.4, 0.5) is 0 Å². The Morgan fingerprint density at radius 1 is 0.677 bits per heavy atom. The van der Waals surface area contributed by atoms with Crippen LogP contribution in [-0.4, -0.2) is 15.1 Å². The number of aromatic nitrogens is 2. The molecule has 0 bridgehead atoms. The highest BCUT2D eigenvalue weighted by molar-refractivity contribution is 7.25.